The van der Waals surface area contributed by atoms with Gasteiger partial charge in [0.1, 0.15) is 17.0 Å². The fourth-order valence-corrected chi connectivity index (χ4v) is 2.98. The standard InChI is InChI=1S/C13H20N4O4S/c1-13(2)20-11(18)8(12(19-5)21-13)22-10-7(14)9(17(3)4)15-6-16-10/h6,8,12H,14H2,1-5H3. The van der Waals surface area contributed by atoms with E-state index in [1.54, 1.807) is 18.7 Å². The Hall–Kier alpha value is -1.58. The molecule has 0 bridgehead atoms. The zero-order valence-electron chi connectivity index (χ0n) is 13.2. The molecule has 8 nitrogen and oxygen atoms in total. The molecule has 1 aromatic rings. The highest BCUT2D eigenvalue weighted by atomic mass is 32.2. The molecule has 0 saturated carbocycles. The second-order valence-corrected chi connectivity index (χ2v) is 6.52. The summed E-state index contributed by atoms with van der Waals surface area (Å²) in [5.74, 6) is -0.879. The molecule has 2 atom stereocenters. The van der Waals surface area contributed by atoms with E-state index in [0.29, 0.717) is 16.5 Å². The topological polar surface area (TPSA) is 99.8 Å². The van der Waals surface area contributed by atoms with Crippen molar-refractivity contribution in [1.29, 1.82) is 0 Å². The van der Waals surface area contributed by atoms with Crippen molar-refractivity contribution >= 4 is 29.2 Å². The molecule has 0 aliphatic carbocycles. The van der Waals surface area contributed by atoms with Gasteiger partial charge in [-0.05, 0) is 0 Å². The molecule has 9 heteroatoms. The van der Waals surface area contributed by atoms with Crippen molar-refractivity contribution in [2.24, 2.45) is 0 Å². The Morgan fingerprint density at radius 1 is 1.41 bits per heavy atom. The highest BCUT2D eigenvalue weighted by molar-refractivity contribution is 8.00. The van der Waals surface area contributed by atoms with Crippen molar-refractivity contribution in [2.45, 2.75) is 36.2 Å². The van der Waals surface area contributed by atoms with Crippen LogP contribution >= 0.6 is 11.8 Å². The number of carbonyl (C=O) groups is 1. The summed E-state index contributed by atoms with van der Waals surface area (Å²) in [6.07, 6.45) is 0.646. The number of hydrogen-bond acceptors (Lipinski definition) is 9. The summed E-state index contributed by atoms with van der Waals surface area (Å²) in [5.41, 5.74) is 6.46. The number of esters is 1. The van der Waals surface area contributed by atoms with Gasteiger partial charge >= 0.3 is 5.97 Å². The number of aromatic nitrogens is 2. The predicted molar refractivity (Wildman–Crippen MR) is 82.5 cm³/mol. The Balaban J connectivity index is 2.26. The molecule has 1 aromatic heterocycles. The van der Waals surface area contributed by atoms with Crippen LogP contribution in [0.5, 0.6) is 0 Å². The number of rotatable bonds is 4. The third-order valence-corrected chi connectivity index (χ3v) is 4.16. The van der Waals surface area contributed by atoms with Gasteiger partial charge in [0.25, 0.3) is 0 Å². The number of hydrogen-bond donors (Lipinski definition) is 1. The molecule has 0 radical (unpaired) electrons. The second kappa shape index (κ2) is 6.27. The van der Waals surface area contributed by atoms with Gasteiger partial charge in [-0.15, -0.1) is 0 Å². The maximum Gasteiger partial charge on any atom is 0.327 e. The lowest BCUT2D eigenvalue weighted by Gasteiger charge is -2.38. The van der Waals surface area contributed by atoms with E-state index in [4.69, 9.17) is 19.9 Å². The van der Waals surface area contributed by atoms with Gasteiger partial charge < -0.3 is 24.8 Å². The van der Waals surface area contributed by atoms with Crippen molar-refractivity contribution in [3.8, 4) is 0 Å². The van der Waals surface area contributed by atoms with Crippen LogP contribution < -0.4 is 10.6 Å². The van der Waals surface area contributed by atoms with Gasteiger partial charge in [-0.25, -0.2) is 9.97 Å². The minimum absolute atomic E-state index is 0.394. The number of ether oxygens (including phenoxy) is 3. The first-order valence-corrected chi connectivity index (χ1v) is 7.51. The summed E-state index contributed by atoms with van der Waals surface area (Å²) in [5, 5.41) is -0.240. The highest BCUT2D eigenvalue weighted by Crippen LogP contribution is 2.37. The number of nitrogen functional groups attached to an aromatic ring is 1. The van der Waals surface area contributed by atoms with E-state index in [0.717, 1.165) is 11.8 Å². The molecular formula is C13H20N4O4S. The van der Waals surface area contributed by atoms with Gasteiger partial charge in [-0.2, -0.15) is 0 Å². The molecule has 2 unspecified atom stereocenters. The Labute approximate surface area is 133 Å². The summed E-state index contributed by atoms with van der Waals surface area (Å²) in [6, 6.07) is 0. The molecule has 0 aromatic carbocycles. The monoisotopic (exact) mass is 328 g/mol. The molecule has 1 saturated heterocycles. The predicted octanol–water partition coefficient (Wildman–Crippen LogP) is 0.867. The number of carbonyl (C=O) groups excluding carboxylic acids is 1. The average molecular weight is 328 g/mol. The van der Waals surface area contributed by atoms with Gasteiger partial charge in [0, 0.05) is 35.1 Å². The van der Waals surface area contributed by atoms with E-state index < -0.39 is 23.3 Å². The molecule has 2 N–H and O–H groups in total. The quantitative estimate of drug-likeness (QED) is 0.637. The normalized spacial score (nSPS) is 24.0. The zero-order valence-corrected chi connectivity index (χ0v) is 14.0. The molecule has 0 amide bonds. The summed E-state index contributed by atoms with van der Waals surface area (Å²) >= 11 is 1.14. The van der Waals surface area contributed by atoms with Crippen LogP contribution in [-0.4, -0.2) is 54.5 Å². The van der Waals surface area contributed by atoms with Crippen molar-refractivity contribution in [1.82, 2.24) is 9.97 Å². The number of anilines is 2. The van der Waals surface area contributed by atoms with E-state index in [1.165, 1.54) is 13.4 Å². The van der Waals surface area contributed by atoms with Crippen LogP contribution in [-0.2, 0) is 19.0 Å². The van der Waals surface area contributed by atoms with Crippen molar-refractivity contribution in [3.05, 3.63) is 6.33 Å². The molecule has 1 aliphatic heterocycles. The van der Waals surface area contributed by atoms with Gasteiger partial charge in [-0.1, -0.05) is 11.8 Å². The lowest BCUT2D eigenvalue weighted by molar-refractivity contribution is -0.301. The Bertz CT molecular complexity index is 567. The smallest absolute Gasteiger partial charge is 0.327 e. The Morgan fingerprint density at radius 2 is 2.09 bits per heavy atom. The molecule has 22 heavy (non-hydrogen) atoms. The first kappa shape index (κ1) is 16.8. The Kier molecular flexibility index (Phi) is 4.78. The SMILES string of the molecule is COC1OC(C)(C)OC(=O)C1Sc1ncnc(N(C)C)c1N. The number of methoxy groups -OCH3 is 1. The van der Waals surface area contributed by atoms with Gasteiger partial charge in [0.2, 0.25) is 5.79 Å². The highest BCUT2D eigenvalue weighted by Gasteiger charge is 2.44. The van der Waals surface area contributed by atoms with Crippen LogP contribution in [0.4, 0.5) is 11.5 Å². The molecule has 2 rings (SSSR count). The van der Waals surface area contributed by atoms with E-state index >= 15 is 0 Å². The number of thioether (sulfide) groups is 1. The second-order valence-electron chi connectivity index (χ2n) is 5.39. The van der Waals surface area contributed by atoms with Crippen LogP contribution in [0.2, 0.25) is 0 Å². The molecule has 1 aliphatic rings. The average Bonchev–Trinajstić information content (AvgIpc) is 2.42. The maximum absolute atomic E-state index is 12.2. The zero-order chi connectivity index (χ0) is 16.5. The van der Waals surface area contributed by atoms with E-state index in [2.05, 4.69) is 9.97 Å². The minimum Gasteiger partial charge on any atom is -0.433 e. The van der Waals surface area contributed by atoms with Gasteiger partial charge in [0.15, 0.2) is 17.4 Å². The summed E-state index contributed by atoms with van der Waals surface area (Å²) < 4.78 is 16.1. The van der Waals surface area contributed by atoms with Crippen LogP contribution in [0.1, 0.15) is 13.8 Å². The molecule has 0 spiro atoms. The lowest BCUT2D eigenvalue weighted by Crippen LogP contribution is -2.51. The van der Waals surface area contributed by atoms with Gasteiger partial charge in [-0.3, -0.25) is 4.79 Å². The van der Waals surface area contributed by atoms with Crippen LogP contribution in [0.15, 0.2) is 11.4 Å². The Morgan fingerprint density at radius 3 is 2.68 bits per heavy atom. The van der Waals surface area contributed by atoms with Crippen LogP contribution in [0.3, 0.4) is 0 Å². The third kappa shape index (κ3) is 3.42. The van der Waals surface area contributed by atoms with Crippen LogP contribution in [0.25, 0.3) is 0 Å². The fraction of sp³-hybridized carbons (Fsp3) is 0.615. The lowest BCUT2D eigenvalue weighted by atomic mass is 10.3. The van der Waals surface area contributed by atoms with Crippen molar-refractivity contribution < 1.29 is 19.0 Å². The van der Waals surface area contributed by atoms with E-state index in [1.807, 2.05) is 14.1 Å². The molecule has 122 valence electrons. The number of cyclic esters (lactones) is 1. The molecule has 2 heterocycles. The van der Waals surface area contributed by atoms with E-state index in [-0.39, 0.29) is 0 Å². The fourth-order valence-electron chi connectivity index (χ4n) is 1.99. The van der Waals surface area contributed by atoms with Gasteiger partial charge in [0.05, 0.1) is 0 Å². The van der Waals surface area contributed by atoms with E-state index in [9.17, 15) is 4.79 Å². The van der Waals surface area contributed by atoms with Crippen molar-refractivity contribution in [3.63, 3.8) is 0 Å². The summed E-state index contributed by atoms with van der Waals surface area (Å²) in [7, 11) is 5.12. The first-order chi connectivity index (χ1) is 10.2. The number of nitrogens with two attached hydrogens (primary N) is 1. The summed E-state index contributed by atoms with van der Waals surface area (Å²) in [4.78, 5) is 22.2. The maximum atomic E-state index is 12.2. The minimum atomic E-state index is -1.03. The summed E-state index contributed by atoms with van der Waals surface area (Å²) in [6.45, 7) is 3.31. The largest absolute Gasteiger partial charge is 0.433 e. The molecule has 1 fully saturated rings. The third-order valence-electron chi connectivity index (χ3n) is 2.95. The molecular weight excluding hydrogens is 308 g/mol. The first-order valence-electron chi connectivity index (χ1n) is 6.63. The van der Waals surface area contributed by atoms with Crippen LogP contribution in [0, 0.1) is 0 Å². The van der Waals surface area contributed by atoms with Crippen molar-refractivity contribution in [2.75, 3.05) is 31.8 Å². The number of nitrogens with zero attached hydrogens (tertiary/aromatic N) is 3.